The van der Waals surface area contributed by atoms with Crippen LogP contribution in [0.15, 0.2) is 66.7 Å². The Morgan fingerprint density at radius 2 is 1.71 bits per heavy atom. The first-order valence-corrected chi connectivity index (χ1v) is 16.5. The van der Waals surface area contributed by atoms with Gasteiger partial charge in [-0.15, -0.1) is 10.2 Å². The molecule has 11 nitrogen and oxygen atoms in total. The summed E-state index contributed by atoms with van der Waals surface area (Å²) in [6.07, 6.45) is 7.58. The summed E-state index contributed by atoms with van der Waals surface area (Å²) in [5.74, 6) is 0.518. The molecule has 3 aromatic carbocycles. The summed E-state index contributed by atoms with van der Waals surface area (Å²) in [7, 11) is 3.09. The number of anilines is 1. The smallest absolute Gasteiger partial charge is 0.251 e. The van der Waals surface area contributed by atoms with Crippen LogP contribution in [0.1, 0.15) is 68.0 Å². The van der Waals surface area contributed by atoms with E-state index in [1.165, 1.54) is 65.9 Å². The van der Waals surface area contributed by atoms with Gasteiger partial charge >= 0.3 is 0 Å². The predicted molar refractivity (Wildman–Crippen MR) is 177 cm³/mol. The third-order valence-corrected chi connectivity index (χ3v) is 9.11. The molecule has 6 rings (SSSR count). The SMILES string of the molecule is COc1ccc(-c2nnn(CC(=O)N(c3ccc(C4CCCCC4)cc3)C(C(=O)NCC3CCCO3)c3ccc(F)cc3)n2)cc1OC. The lowest BCUT2D eigenvalue weighted by molar-refractivity contribution is -0.127. The zero-order chi connectivity index (χ0) is 33.5. The zero-order valence-electron chi connectivity index (χ0n) is 27.3. The van der Waals surface area contributed by atoms with Gasteiger partial charge in [-0.1, -0.05) is 43.5 Å². The number of rotatable bonds is 12. The molecule has 48 heavy (non-hydrogen) atoms. The molecule has 12 heteroatoms. The Hall–Kier alpha value is -4.84. The molecule has 2 amide bonds. The van der Waals surface area contributed by atoms with Gasteiger partial charge in [-0.25, -0.2) is 4.39 Å². The van der Waals surface area contributed by atoms with Crippen LogP contribution < -0.4 is 19.7 Å². The minimum absolute atomic E-state index is 0.101. The largest absolute Gasteiger partial charge is 0.493 e. The predicted octanol–water partition coefficient (Wildman–Crippen LogP) is 5.61. The number of hydrogen-bond donors (Lipinski definition) is 1. The van der Waals surface area contributed by atoms with E-state index in [2.05, 4.69) is 20.7 Å². The van der Waals surface area contributed by atoms with Gasteiger partial charge in [-0.05, 0) is 90.4 Å². The number of nitrogens with zero attached hydrogens (tertiary/aromatic N) is 5. The summed E-state index contributed by atoms with van der Waals surface area (Å²) >= 11 is 0. The second-order valence-corrected chi connectivity index (χ2v) is 12.2. The van der Waals surface area contributed by atoms with Crippen molar-refractivity contribution in [3.63, 3.8) is 0 Å². The van der Waals surface area contributed by atoms with E-state index in [0.29, 0.717) is 47.4 Å². The molecule has 2 aliphatic rings. The number of methoxy groups -OCH3 is 2. The van der Waals surface area contributed by atoms with Crippen LogP contribution in [-0.4, -0.2) is 65.5 Å². The molecule has 2 heterocycles. The standard InChI is InChI=1S/C36H41FN6O5/c1-46-31-19-14-27(21-32(31)47-2)35-39-41-42(40-35)23-33(44)43(29-17-12-25(13-18-29)24-7-4-3-5-8-24)34(26-10-15-28(37)16-11-26)36(45)38-22-30-9-6-20-48-30/h10-19,21,24,30,34H,3-9,20,22-23H2,1-2H3,(H,38,45). The molecule has 1 aromatic heterocycles. The molecule has 1 aliphatic heterocycles. The van der Waals surface area contributed by atoms with Gasteiger partial charge in [0.1, 0.15) is 18.4 Å². The third-order valence-electron chi connectivity index (χ3n) is 9.11. The number of benzene rings is 3. The lowest BCUT2D eigenvalue weighted by Gasteiger charge is -2.32. The Morgan fingerprint density at radius 3 is 2.40 bits per heavy atom. The number of halogens is 1. The maximum Gasteiger partial charge on any atom is 0.251 e. The molecule has 1 saturated carbocycles. The summed E-state index contributed by atoms with van der Waals surface area (Å²) in [5, 5.41) is 15.8. The van der Waals surface area contributed by atoms with E-state index in [4.69, 9.17) is 14.2 Å². The highest BCUT2D eigenvalue weighted by Crippen LogP contribution is 2.35. The van der Waals surface area contributed by atoms with Crippen molar-refractivity contribution in [1.29, 1.82) is 0 Å². The second-order valence-electron chi connectivity index (χ2n) is 12.2. The summed E-state index contributed by atoms with van der Waals surface area (Å²) in [4.78, 5) is 31.0. The monoisotopic (exact) mass is 656 g/mol. The van der Waals surface area contributed by atoms with Crippen LogP contribution in [0, 0.1) is 5.82 Å². The van der Waals surface area contributed by atoms with Crippen LogP contribution in [0.4, 0.5) is 10.1 Å². The van der Waals surface area contributed by atoms with Gasteiger partial charge < -0.3 is 19.5 Å². The normalized spacial score (nSPS) is 17.1. The van der Waals surface area contributed by atoms with Gasteiger partial charge in [-0.2, -0.15) is 4.80 Å². The molecule has 1 aliphatic carbocycles. The van der Waals surface area contributed by atoms with E-state index in [0.717, 1.165) is 25.7 Å². The Kier molecular flexibility index (Phi) is 10.6. The van der Waals surface area contributed by atoms with E-state index in [9.17, 15) is 14.0 Å². The first kappa shape index (κ1) is 33.1. The summed E-state index contributed by atoms with van der Waals surface area (Å²) in [6, 6.07) is 17.6. The topological polar surface area (TPSA) is 121 Å². The van der Waals surface area contributed by atoms with Crippen LogP contribution in [-0.2, 0) is 20.9 Å². The van der Waals surface area contributed by atoms with Crippen molar-refractivity contribution in [3.05, 3.63) is 83.7 Å². The van der Waals surface area contributed by atoms with Crippen molar-refractivity contribution >= 4 is 17.5 Å². The van der Waals surface area contributed by atoms with E-state index >= 15 is 0 Å². The van der Waals surface area contributed by atoms with E-state index < -0.39 is 23.7 Å². The molecule has 1 saturated heterocycles. The van der Waals surface area contributed by atoms with Crippen molar-refractivity contribution in [2.75, 3.05) is 32.3 Å². The molecule has 4 aromatic rings. The summed E-state index contributed by atoms with van der Waals surface area (Å²) in [5.41, 5.74) is 2.83. The molecular weight excluding hydrogens is 615 g/mol. The minimum atomic E-state index is -1.10. The van der Waals surface area contributed by atoms with Crippen molar-refractivity contribution in [1.82, 2.24) is 25.5 Å². The van der Waals surface area contributed by atoms with Gasteiger partial charge in [0.15, 0.2) is 11.5 Å². The fourth-order valence-electron chi connectivity index (χ4n) is 6.56. The average Bonchev–Trinajstić information content (AvgIpc) is 3.83. The lowest BCUT2D eigenvalue weighted by Crippen LogP contribution is -2.46. The molecule has 2 atom stereocenters. The van der Waals surface area contributed by atoms with Gasteiger partial charge in [0.05, 0.1) is 20.3 Å². The zero-order valence-corrected chi connectivity index (χ0v) is 27.3. The van der Waals surface area contributed by atoms with Gasteiger partial charge in [0.2, 0.25) is 11.7 Å². The molecule has 2 unspecified atom stereocenters. The summed E-state index contributed by atoms with van der Waals surface area (Å²) in [6.45, 7) is 0.649. The number of nitrogens with one attached hydrogen (secondary N) is 1. The van der Waals surface area contributed by atoms with Gasteiger partial charge in [0.25, 0.3) is 5.91 Å². The fraction of sp³-hybridized carbons (Fsp3) is 0.417. The molecule has 0 bridgehead atoms. The Labute approximate surface area is 279 Å². The van der Waals surface area contributed by atoms with Crippen molar-refractivity contribution in [3.8, 4) is 22.9 Å². The maximum absolute atomic E-state index is 14.4. The molecule has 2 fully saturated rings. The van der Waals surface area contributed by atoms with Crippen LogP contribution in [0.25, 0.3) is 11.4 Å². The van der Waals surface area contributed by atoms with E-state index in [1.807, 2.05) is 24.3 Å². The van der Waals surface area contributed by atoms with Crippen LogP contribution in [0.2, 0.25) is 0 Å². The number of hydrogen-bond acceptors (Lipinski definition) is 8. The number of carbonyl (C=O) groups is 2. The van der Waals surface area contributed by atoms with E-state index in [-0.39, 0.29) is 18.5 Å². The van der Waals surface area contributed by atoms with Gasteiger partial charge in [0, 0.05) is 24.4 Å². The van der Waals surface area contributed by atoms with E-state index in [1.54, 1.807) is 25.3 Å². The Bertz CT molecular complexity index is 1680. The number of ether oxygens (including phenoxy) is 3. The molecule has 0 radical (unpaired) electrons. The van der Waals surface area contributed by atoms with Crippen molar-refractivity contribution in [2.45, 2.75) is 69.6 Å². The number of amides is 2. The Balaban J connectivity index is 1.33. The first-order valence-electron chi connectivity index (χ1n) is 16.5. The number of aromatic nitrogens is 4. The van der Waals surface area contributed by atoms with Crippen LogP contribution >= 0.6 is 0 Å². The number of tetrazole rings is 1. The molecular formula is C36H41FN6O5. The highest BCUT2D eigenvalue weighted by molar-refractivity contribution is 6.01. The van der Waals surface area contributed by atoms with Crippen molar-refractivity contribution in [2.24, 2.45) is 0 Å². The second kappa shape index (κ2) is 15.4. The highest BCUT2D eigenvalue weighted by atomic mass is 19.1. The first-order chi connectivity index (χ1) is 23.4. The Morgan fingerprint density at radius 1 is 0.958 bits per heavy atom. The molecule has 1 N–H and O–H groups in total. The number of carbonyl (C=O) groups excluding carboxylic acids is 2. The van der Waals surface area contributed by atoms with Crippen LogP contribution in [0.3, 0.4) is 0 Å². The minimum Gasteiger partial charge on any atom is -0.493 e. The quantitative estimate of drug-likeness (QED) is 0.209. The molecule has 252 valence electrons. The maximum atomic E-state index is 14.4. The average molecular weight is 657 g/mol. The third kappa shape index (κ3) is 7.65. The van der Waals surface area contributed by atoms with Crippen LogP contribution in [0.5, 0.6) is 11.5 Å². The fourth-order valence-corrected chi connectivity index (χ4v) is 6.56. The lowest BCUT2D eigenvalue weighted by atomic mass is 9.84. The summed E-state index contributed by atoms with van der Waals surface area (Å²) < 4.78 is 30.6. The van der Waals surface area contributed by atoms with Gasteiger partial charge in [-0.3, -0.25) is 14.5 Å². The molecule has 0 spiro atoms. The van der Waals surface area contributed by atoms with Crippen molar-refractivity contribution < 1.29 is 28.2 Å². The highest BCUT2D eigenvalue weighted by Gasteiger charge is 2.34.